The topological polar surface area (TPSA) is 61.3 Å². The first-order valence-corrected chi connectivity index (χ1v) is 5.73. The van der Waals surface area contributed by atoms with Crippen molar-refractivity contribution in [3.63, 3.8) is 0 Å². The Hall–Kier alpha value is -1.04. The molecule has 2 heterocycles. The molecule has 0 radical (unpaired) electrons. The molecule has 1 saturated heterocycles. The van der Waals surface area contributed by atoms with E-state index in [0.29, 0.717) is 5.69 Å². The van der Waals surface area contributed by atoms with E-state index in [4.69, 9.17) is 0 Å². The van der Waals surface area contributed by atoms with E-state index in [9.17, 15) is 5.11 Å². The molecule has 1 aromatic rings. The molecule has 1 fully saturated rings. The quantitative estimate of drug-likeness (QED) is 0.739. The molecule has 1 aliphatic rings. The molecular weight excluding hydrogens is 204 g/mol. The highest BCUT2D eigenvalue weighted by Gasteiger charge is 2.13. The SMILES string of the molecule is OC(CCN1CCNCC1)c1ccncn1. The fourth-order valence-corrected chi connectivity index (χ4v) is 1.89. The summed E-state index contributed by atoms with van der Waals surface area (Å²) in [6.07, 6.45) is 3.40. The van der Waals surface area contributed by atoms with E-state index in [0.717, 1.165) is 39.1 Å². The largest absolute Gasteiger partial charge is 0.387 e. The first-order chi connectivity index (χ1) is 7.86. The molecule has 88 valence electrons. The number of piperazine rings is 1. The average molecular weight is 222 g/mol. The molecule has 2 rings (SSSR count). The summed E-state index contributed by atoms with van der Waals surface area (Å²) in [6.45, 7) is 5.15. The zero-order valence-electron chi connectivity index (χ0n) is 9.34. The van der Waals surface area contributed by atoms with Gasteiger partial charge in [-0.25, -0.2) is 9.97 Å². The summed E-state index contributed by atoms with van der Waals surface area (Å²) in [7, 11) is 0. The lowest BCUT2D eigenvalue weighted by atomic mass is 10.1. The number of hydrogen-bond donors (Lipinski definition) is 2. The summed E-state index contributed by atoms with van der Waals surface area (Å²) in [6, 6.07) is 1.77. The maximum absolute atomic E-state index is 9.92. The molecule has 0 spiro atoms. The molecule has 5 heteroatoms. The molecule has 16 heavy (non-hydrogen) atoms. The van der Waals surface area contributed by atoms with E-state index in [-0.39, 0.29) is 0 Å². The van der Waals surface area contributed by atoms with Gasteiger partial charge in [-0.15, -0.1) is 0 Å². The zero-order chi connectivity index (χ0) is 11.2. The van der Waals surface area contributed by atoms with Gasteiger partial charge < -0.3 is 15.3 Å². The van der Waals surface area contributed by atoms with Crippen molar-refractivity contribution in [3.05, 3.63) is 24.3 Å². The van der Waals surface area contributed by atoms with Crippen LogP contribution < -0.4 is 5.32 Å². The van der Waals surface area contributed by atoms with E-state index < -0.39 is 6.10 Å². The van der Waals surface area contributed by atoms with Gasteiger partial charge in [0, 0.05) is 38.9 Å². The molecular formula is C11H18N4O. The van der Waals surface area contributed by atoms with Crippen LogP contribution in [-0.4, -0.2) is 52.7 Å². The Morgan fingerprint density at radius 3 is 2.94 bits per heavy atom. The third kappa shape index (κ3) is 3.23. The van der Waals surface area contributed by atoms with Gasteiger partial charge in [-0.05, 0) is 12.5 Å². The van der Waals surface area contributed by atoms with Crippen LogP contribution in [0.1, 0.15) is 18.2 Å². The van der Waals surface area contributed by atoms with Gasteiger partial charge in [0.15, 0.2) is 0 Å². The highest BCUT2D eigenvalue weighted by Crippen LogP contribution is 2.13. The lowest BCUT2D eigenvalue weighted by Gasteiger charge is -2.27. The van der Waals surface area contributed by atoms with Crippen LogP contribution in [0.15, 0.2) is 18.6 Å². The predicted molar refractivity (Wildman–Crippen MR) is 60.9 cm³/mol. The highest BCUT2D eigenvalue weighted by atomic mass is 16.3. The minimum absolute atomic E-state index is 0.474. The Labute approximate surface area is 95.5 Å². The van der Waals surface area contributed by atoms with Crippen LogP contribution >= 0.6 is 0 Å². The Morgan fingerprint density at radius 2 is 2.25 bits per heavy atom. The van der Waals surface area contributed by atoms with Gasteiger partial charge in [-0.1, -0.05) is 0 Å². The number of nitrogens with one attached hydrogen (secondary N) is 1. The van der Waals surface area contributed by atoms with Gasteiger partial charge >= 0.3 is 0 Å². The first-order valence-electron chi connectivity index (χ1n) is 5.73. The molecule has 1 aliphatic heterocycles. The van der Waals surface area contributed by atoms with Gasteiger partial charge in [0.05, 0.1) is 11.8 Å². The van der Waals surface area contributed by atoms with Crippen LogP contribution in [0.5, 0.6) is 0 Å². The fourth-order valence-electron chi connectivity index (χ4n) is 1.89. The van der Waals surface area contributed by atoms with Gasteiger partial charge in [0.25, 0.3) is 0 Å². The predicted octanol–water partition coefficient (Wildman–Crippen LogP) is -0.195. The van der Waals surface area contributed by atoms with Gasteiger partial charge in [-0.3, -0.25) is 0 Å². The summed E-state index contributed by atoms with van der Waals surface area (Å²) in [5, 5.41) is 13.2. The summed E-state index contributed by atoms with van der Waals surface area (Å²) < 4.78 is 0. The summed E-state index contributed by atoms with van der Waals surface area (Å²) in [5.41, 5.74) is 0.713. The number of aliphatic hydroxyl groups excluding tert-OH is 1. The van der Waals surface area contributed by atoms with Crippen molar-refractivity contribution in [2.24, 2.45) is 0 Å². The normalized spacial score (nSPS) is 19.6. The van der Waals surface area contributed by atoms with Crippen molar-refractivity contribution in [3.8, 4) is 0 Å². The van der Waals surface area contributed by atoms with Gasteiger partial charge in [0.2, 0.25) is 0 Å². The molecule has 2 N–H and O–H groups in total. The van der Waals surface area contributed by atoms with Gasteiger partial charge in [-0.2, -0.15) is 0 Å². The Bertz CT molecular complexity index is 300. The van der Waals surface area contributed by atoms with Crippen LogP contribution in [0.4, 0.5) is 0 Å². The summed E-state index contributed by atoms with van der Waals surface area (Å²) in [5.74, 6) is 0. The lowest BCUT2D eigenvalue weighted by Crippen LogP contribution is -2.44. The zero-order valence-corrected chi connectivity index (χ0v) is 9.34. The third-order valence-electron chi connectivity index (χ3n) is 2.87. The highest BCUT2D eigenvalue weighted by molar-refractivity contribution is 5.01. The van der Waals surface area contributed by atoms with Crippen molar-refractivity contribution in [1.29, 1.82) is 0 Å². The standard InChI is InChI=1S/C11H18N4O/c16-11(10-1-3-13-9-14-10)2-6-15-7-4-12-5-8-15/h1,3,9,11-12,16H,2,4-8H2. The van der Waals surface area contributed by atoms with E-state index in [1.165, 1.54) is 6.33 Å². The summed E-state index contributed by atoms with van der Waals surface area (Å²) in [4.78, 5) is 10.2. The van der Waals surface area contributed by atoms with E-state index >= 15 is 0 Å². The van der Waals surface area contributed by atoms with Crippen LogP contribution in [0.25, 0.3) is 0 Å². The van der Waals surface area contributed by atoms with Crippen LogP contribution in [0.3, 0.4) is 0 Å². The average Bonchev–Trinajstić information content (AvgIpc) is 2.38. The van der Waals surface area contributed by atoms with Crippen molar-refractivity contribution >= 4 is 0 Å². The molecule has 1 unspecified atom stereocenters. The lowest BCUT2D eigenvalue weighted by molar-refractivity contribution is 0.133. The van der Waals surface area contributed by atoms with Gasteiger partial charge in [0.1, 0.15) is 6.33 Å². The second-order valence-corrected chi connectivity index (χ2v) is 4.03. The third-order valence-corrected chi connectivity index (χ3v) is 2.87. The Kier molecular flexibility index (Phi) is 4.21. The van der Waals surface area contributed by atoms with E-state index in [2.05, 4.69) is 20.2 Å². The number of hydrogen-bond acceptors (Lipinski definition) is 5. The second-order valence-electron chi connectivity index (χ2n) is 4.03. The molecule has 1 aromatic heterocycles. The van der Waals surface area contributed by atoms with Crippen LogP contribution in [0.2, 0.25) is 0 Å². The van der Waals surface area contributed by atoms with Crippen LogP contribution in [-0.2, 0) is 0 Å². The summed E-state index contributed by atoms with van der Waals surface area (Å²) >= 11 is 0. The van der Waals surface area contributed by atoms with Crippen molar-refractivity contribution in [2.75, 3.05) is 32.7 Å². The van der Waals surface area contributed by atoms with Crippen molar-refractivity contribution in [1.82, 2.24) is 20.2 Å². The maximum atomic E-state index is 9.92. The van der Waals surface area contributed by atoms with E-state index in [1.807, 2.05) is 0 Å². The second kappa shape index (κ2) is 5.89. The Morgan fingerprint density at radius 1 is 1.44 bits per heavy atom. The molecule has 0 aliphatic carbocycles. The maximum Gasteiger partial charge on any atom is 0.115 e. The van der Waals surface area contributed by atoms with E-state index in [1.54, 1.807) is 12.3 Å². The van der Waals surface area contributed by atoms with Crippen molar-refractivity contribution < 1.29 is 5.11 Å². The van der Waals surface area contributed by atoms with Crippen LogP contribution in [0, 0.1) is 0 Å². The number of rotatable bonds is 4. The molecule has 0 saturated carbocycles. The molecule has 0 bridgehead atoms. The first kappa shape index (κ1) is 11.4. The Balaban J connectivity index is 1.77. The minimum Gasteiger partial charge on any atom is -0.387 e. The monoisotopic (exact) mass is 222 g/mol. The number of aromatic nitrogens is 2. The molecule has 5 nitrogen and oxygen atoms in total. The number of nitrogens with zero attached hydrogens (tertiary/aromatic N) is 3. The molecule has 0 amide bonds. The fraction of sp³-hybridized carbons (Fsp3) is 0.636. The number of aliphatic hydroxyl groups is 1. The van der Waals surface area contributed by atoms with Crippen molar-refractivity contribution in [2.45, 2.75) is 12.5 Å². The molecule has 0 aromatic carbocycles. The minimum atomic E-state index is -0.474. The molecule has 1 atom stereocenters. The smallest absolute Gasteiger partial charge is 0.115 e.